The molecule has 5 nitrogen and oxygen atoms in total. The SMILES string of the molecule is CC(C(=O)Nc1cccc(C(F)(F)F)c1)N(C)CC(=O)NC1CC1. The van der Waals surface area contributed by atoms with E-state index in [9.17, 15) is 22.8 Å². The molecule has 0 saturated heterocycles. The lowest BCUT2D eigenvalue weighted by Crippen LogP contribution is -2.45. The molecule has 1 fully saturated rings. The summed E-state index contributed by atoms with van der Waals surface area (Å²) < 4.78 is 38.0. The van der Waals surface area contributed by atoms with Crippen molar-refractivity contribution < 1.29 is 22.8 Å². The molecule has 2 rings (SSSR count). The maximum atomic E-state index is 12.7. The Bertz CT molecular complexity index is 615. The highest BCUT2D eigenvalue weighted by molar-refractivity contribution is 5.95. The minimum Gasteiger partial charge on any atom is -0.352 e. The van der Waals surface area contributed by atoms with E-state index in [2.05, 4.69) is 10.6 Å². The van der Waals surface area contributed by atoms with E-state index in [0.29, 0.717) is 0 Å². The number of likely N-dealkylation sites (N-methyl/N-ethyl adjacent to an activating group) is 1. The second-order valence-corrected chi connectivity index (χ2v) is 6.00. The number of carbonyl (C=O) groups is 2. The third-order valence-corrected chi connectivity index (χ3v) is 3.83. The minimum absolute atomic E-state index is 0.0493. The molecule has 0 aromatic heterocycles. The van der Waals surface area contributed by atoms with Crippen LogP contribution in [0.2, 0.25) is 0 Å². The molecule has 2 amide bonds. The molecule has 1 aliphatic carbocycles. The first-order valence-electron chi connectivity index (χ1n) is 7.64. The van der Waals surface area contributed by atoms with Gasteiger partial charge in [-0.25, -0.2) is 0 Å². The van der Waals surface area contributed by atoms with Crippen molar-refractivity contribution >= 4 is 17.5 Å². The van der Waals surface area contributed by atoms with E-state index < -0.39 is 23.7 Å². The van der Waals surface area contributed by atoms with Gasteiger partial charge in [-0.05, 0) is 45.0 Å². The van der Waals surface area contributed by atoms with Crippen molar-refractivity contribution in [3.8, 4) is 0 Å². The van der Waals surface area contributed by atoms with Gasteiger partial charge in [-0.15, -0.1) is 0 Å². The third kappa shape index (κ3) is 5.23. The molecular weight excluding hydrogens is 323 g/mol. The van der Waals surface area contributed by atoms with Gasteiger partial charge in [0.05, 0.1) is 18.2 Å². The topological polar surface area (TPSA) is 61.4 Å². The normalized spacial score (nSPS) is 15.9. The van der Waals surface area contributed by atoms with Gasteiger partial charge >= 0.3 is 6.18 Å². The third-order valence-electron chi connectivity index (χ3n) is 3.83. The first-order chi connectivity index (χ1) is 11.2. The Kier molecular flexibility index (Phi) is 5.48. The van der Waals surface area contributed by atoms with Crippen molar-refractivity contribution in [2.45, 2.75) is 38.0 Å². The molecule has 0 aliphatic heterocycles. The molecule has 0 bridgehead atoms. The van der Waals surface area contributed by atoms with Gasteiger partial charge in [-0.2, -0.15) is 13.2 Å². The van der Waals surface area contributed by atoms with Crippen LogP contribution in [-0.2, 0) is 15.8 Å². The maximum Gasteiger partial charge on any atom is 0.416 e. The number of anilines is 1. The van der Waals surface area contributed by atoms with E-state index >= 15 is 0 Å². The van der Waals surface area contributed by atoms with Gasteiger partial charge < -0.3 is 10.6 Å². The van der Waals surface area contributed by atoms with Crippen LogP contribution in [0.3, 0.4) is 0 Å². The summed E-state index contributed by atoms with van der Waals surface area (Å²) in [6.45, 7) is 1.64. The van der Waals surface area contributed by atoms with E-state index in [4.69, 9.17) is 0 Å². The number of benzene rings is 1. The van der Waals surface area contributed by atoms with E-state index in [1.54, 1.807) is 18.9 Å². The van der Waals surface area contributed by atoms with Gasteiger partial charge in [0.2, 0.25) is 11.8 Å². The molecule has 8 heteroatoms. The Labute approximate surface area is 138 Å². The molecule has 1 unspecified atom stereocenters. The number of alkyl halides is 3. The van der Waals surface area contributed by atoms with Gasteiger partial charge in [-0.3, -0.25) is 14.5 Å². The van der Waals surface area contributed by atoms with E-state index in [0.717, 1.165) is 25.0 Å². The van der Waals surface area contributed by atoms with Crippen LogP contribution < -0.4 is 10.6 Å². The fourth-order valence-corrected chi connectivity index (χ4v) is 2.08. The van der Waals surface area contributed by atoms with Crippen molar-refractivity contribution in [3.63, 3.8) is 0 Å². The summed E-state index contributed by atoms with van der Waals surface area (Å²) in [6, 6.07) is 4.01. The lowest BCUT2D eigenvalue weighted by Gasteiger charge is -2.23. The Morgan fingerprint density at radius 1 is 1.33 bits per heavy atom. The molecule has 1 aromatic rings. The Balaban J connectivity index is 1.91. The zero-order valence-electron chi connectivity index (χ0n) is 13.5. The summed E-state index contributed by atoms with van der Waals surface area (Å²) >= 11 is 0. The van der Waals surface area contributed by atoms with Crippen molar-refractivity contribution in [2.75, 3.05) is 18.9 Å². The zero-order chi connectivity index (χ0) is 17.9. The Hall–Kier alpha value is -2.09. The Morgan fingerprint density at radius 3 is 2.58 bits per heavy atom. The molecule has 1 atom stereocenters. The summed E-state index contributed by atoms with van der Waals surface area (Å²) in [5, 5.41) is 5.26. The van der Waals surface area contributed by atoms with Crippen LogP contribution in [0.1, 0.15) is 25.3 Å². The summed E-state index contributed by atoms with van der Waals surface area (Å²) in [4.78, 5) is 25.4. The fraction of sp³-hybridized carbons (Fsp3) is 0.500. The highest BCUT2D eigenvalue weighted by Gasteiger charge is 2.31. The molecule has 0 heterocycles. The smallest absolute Gasteiger partial charge is 0.352 e. The summed E-state index contributed by atoms with van der Waals surface area (Å²) in [6.07, 6.45) is -2.52. The largest absolute Gasteiger partial charge is 0.416 e. The van der Waals surface area contributed by atoms with Crippen LogP contribution in [0, 0.1) is 0 Å². The van der Waals surface area contributed by atoms with Crippen LogP contribution >= 0.6 is 0 Å². The van der Waals surface area contributed by atoms with Gasteiger partial charge in [0.25, 0.3) is 0 Å². The van der Waals surface area contributed by atoms with Crippen LogP contribution in [0.4, 0.5) is 18.9 Å². The van der Waals surface area contributed by atoms with E-state index in [1.807, 2.05) is 0 Å². The molecule has 24 heavy (non-hydrogen) atoms. The van der Waals surface area contributed by atoms with Crippen molar-refractivity contribution in [1.29, 1.82) is 0 Å². The van der Waals surface area contributed by atoms with Crippen LogP contribution in [0.25, 0.3) is 0 Å². The fourth-order valence-electron chi connectivity index (χ4n) is 2.08. The number of amides is 2. The molecular formula is C16H20F3N3O2. The molecule has 0 spiro atoms. The molecule has 1 aliphatic rings. The standard InChI is InChI=1S/C16H20F3N3O2/c1-10(22(2)9-14(23)20-12-6-7-12)15(24)21-13-5-3-4-11(8-13)16(17,18)19/h3-5,8,10,12H,6-7,9H2,1-2H3,(H,20,23)(H,21,24). The predicted octanol–water partition coefficient (Wildman–Crippen LogP) is 2.24. The number of carbonyl (C=O) groups excluding carboxylic acids is 2. The molecule has 1 aromatic carbocycles. The van der Waals surface area contributed by atoms with Crippen LogP contribution in [0.15, 0.2) is 24.3 Å². The maximum absolute atomic E-state index is 12.7. The Morgan fingerprint density at radius 2 is 2.00 bits per heavy atom. The number of hydrogen-bond acceptors (Lipinski definition) is 3. The second-order valence-electron chi connectivity index (χ2n) is 6.00. The number of nitrogens with zero attached hydrogens (tertiary/aromatic N) is 1. The van der Waals surface area contributed by atoms with Gasteiger partial charge in [-0.1, -0.05) is 6.07 Å². The average Bonchev–Trinajstić information content (AvgIpc) is 3.29. The van der Waals surface area contributed by atoms with Gasteiger partial charge in [0.15, 0.2) is 0 Å². The van der Waals surface area contributed by atoms with E-state index in [-0.39, 0.29) is 24.2 Å². The van der Waals surface area contributed by atoms with E-state index in [1.165, 1.54) is 12.1 Å². The molecule has 2 N–H and O–H groups in total. The zero-order valence-corrected chi connectivity index (χ0v) is 13.5. The second kappa shape index (κ2) is 7.21. The number of nitrogens with one attached hydrogen (secondary N) is 2. The number of rotatable bonds is 6. The average molecular weight is 343 g/mol. The first-order valence-corrected chi connectivity index (χ1v) is 7.64. The molecule has 1 saturated carbocycles. The highest BCUT2D eigenvalue weighted by atomic mass is 19.4. The number of halogens is 3. The lowest BCUT2D eigenvalue weighted by molar-refractivity contribution is -0.137. The van der Waals surface area contributed by atoms with Crippen molar-refractivity contribution in [3.05, 3.63) is 29.8 Å². The summed E-state index contributed by atoms with van der Waals surface area (Å²) in [7, 11) is 1.61. The monoisotopic (exact) mass is 343 g/mol. The van der Waals surface area contributed by atoms with Gasteiger partial charge in [0.1, 0.15) is 0 Å². The van der Waals surface area contributed by atoms with Crippen LogP contribution in [-0.4, -0.2) is 42.4 Å². The van der Waals surface area contributed by atoms with Crippen molar-refractivity contribution in [2.24, 2.45) is 0 Å². The number of hydrogen-bond donors (Lipinski definition) is 2. The summed E-state index contributed by atoms with van der Waals surface area (Å²) in [5.74, 6) is -0.644. The quantitative estimate of drug-likeness (QED) is 0.833. The predicted molar refractivity (Wildman–Crippen MR) is 83.3 cm³/mol. The molecule has 132 valence electrons. The molecule has 0 radical (unpaired) electrons. The van der Waals surface area contributed by atoms with Crippen LogP contribution in [0.5, 0.6) is 0 Å². The first kappa shape index (κ1) is 18.3. The van der Waals surface area contributed by atoms with Crippen molar-refractivity contribution in [1.82, 2.24) is 10.2 Å². The van der Waals surface area contributed by atoms with Gasteiger partial charge in [0, 0.05) is 11.7 Å². The lowest BCUT2D eigenvalue weighted by atomic mass is 10.2. The summed E-state index contributed by atoms with van der Waals surface area (Å²) in [5.41, 5.74) is -0.761. The highest BCUT2D eigenvalue weighted by Crippen LogP contribution is 2.30. The minimum atomic E-state index is -4.47.